The van der Waals surface area contributed by atoms with Gasteiger partial charge in [0.15, 0.2) is 5.96 Å². The van der Waals surface area contributed by atoms with Crippen LogP contribution in [0.2, 0.25) is 0 Å². The number of aliphatic imine (C=N–C) groups is 1. The summed E-state index contributed by atoms with van der Waals surface area (Å²) in [5.74, 6) is 2.00. The molecule has 2 aromatic rings. The zero-order valence-electron chi connectivity index (χ0n) is 17.6. The number of benzene rings is 1. The zero-order valence-corrected chi connectivity index (χ0v) is 17.6. The highest BCUT2D eigenvalue weighted by molar-refractivity contribution is 5.80. The van der Waals surface area contributed by atoms with Crippen molar-refractivity contribution in [2.45, 2.75) is 26.3 Å². The van der Waals surface area contributed by atoms with Gasteiger partial charge in [-0.1, -0.05) is 25.1 Å². The SMILES string of the molecule is CCc1nncn1CCNC(=NCCCOC)N1CCN(c2ccccc2)CC1. The number of guanidine groups is 1. The number of aryl methyl sites for hydroxylation is 1. The molecule has 0 amide bonds. The molecule has 0 spiro atoms. The highest BCUT2D eigenvalue weighted by Gasteiger charge is 2.20. The molecule has 0 atom stereocenters. The number of hydrogen-bond donors (Lipinski definition) is 1. The molecule has 158 valence electrons. The van der Waals surface area contributed by atoms with Crippen molar-refractivity contribution in [2.24, 2.45) is 4.99 Å². The Bertz CT molecular complexity index is 738. The van der Waals surface area contributed by atoms with Crippen LogP contribution in [0.3, 0.4) is 0 Å². The van der Waals surface area contributed by atoms with Gasteiger partial charge < -0.3 is 24.4 Å². The van der Waals surface area contributed by atoms with Crippen LogP contribution in [0.25, 0.3) is 0 Å². The van der Waals surface area contributed by atoms with Crippen LogP contribution in [0.15, 0.2) is 41.7 Å². The van der Waals surface area contributed by atoms with Gasteiger partial charge >= 0.3 is 0 Å². The van der Waals surface area contributed by atoms with Crippen LogP contribution in [-0.2, 0) is 17.7 Å². The molecule has 8 nitrogen and oxygen atoms in total. The number of anilines is 1. The summed E-state index contributed by atoms with van der Waals surface area (Å²) in [4.78, 5) is 9.63. The summed E-state index contributed by atoms with van der Waals surface area (Å²) in [5, 5.41) is 11.7. The predicted octanol–water partition coefficient (Wildman–Crippen LogP) is 1.64. The first-order chi connectivity index (χ1) is 14.3. The first-order valence-corrected chi connectivity index (χ1v) is 10.5. The maximum absolute atomic E-state index is 5.16. The number of piperazine rings is 1. The van der Waals surface area contributed by atoms with Crippen LogP contribution in [-0.4, -0.2) is 78.6 Å². The Hall–Kier alpha value is -2.61. The van der Waals surface area contributed by atoms with Crippen molar-refractivity contribution >= 4 is 11.6 Å². The Labute approximate surface area is 173 Å². The summed E-state index contributed by atoms with van der Waals surface area (Å²) in [6.07, 6.45) is 3.62. The van der Waals surface area contributed by atoms with E-state index in [0.717, 1.165) is 77.0 Å². The molecule has 1 aliphatic rings. The molecule has 1 aliphatic heterocycles. The molecule has 1 aromatic carbocycles. The van der Waals surface area contributed by atoms with E-state index >= 15 is 0 Å². The van der Waals surface area contributed by atoms with Gasteiger partial charge in [-0.05, 0) is 18.6 Å². The van der Waals surface area contributed by atoms with E-state index in [0.29, 0.717) is 0 Å². The van der Waals surface area contributed by atoms with Crippen LogP contribution in [0.5, 0.6) is 0 Å². The fraction of sp³-hybridized carbons (Fsp3) is 0.571. The Morgan fingerprint density at radius 3 is 2.69 bits per heavy atom. The Kier molecular flexibility index (Phi) is 8.30. The third-order valence-corrected chi connectivity index (χ3v) is 5.12. The van der Waals surface area contributed by atoms with E-state index in [1.165, 1.54) is 5.69 Å². The molecule has 3 rings (SSSR count). The molecular formula is C21H33N7O. The Balaban J connectivity index is 1.55. The van der Waals surface area contributed by atoms with E-state index < -0.39 is 0 Å². The molecule has 0 radical (unpaired) electrons. The first kappa shape index (κ1) is 21.1. The maximum atomic E-state index is 5.16. The third kappa shape index (κ3) is 6.19. The minimum atomic E-state index is 0.735. The largest absolute Gasteiger partial charge is 0.385 e. The summed E-state index contributed by atoms with van der Waals surface area (Å²) < 4.78 is 7.26. The van der Waals surface area contributed by atoms with Crippen LogP contribution in [0.1, 0.15) is 19.2 Å². The average Bonchev–Trinajstić information content (AvgIpc) is 3.24. The van der Waals surface area contributed by atoms with Crippen molar-refractivity contribution in [3.05, 3.63) is 42.5 Å². The smallest absolute Gasteiger partial charge is 0.194 e. The summed E-state index contributed by atoms with van der Waals surface area (Å²) >= 11 is 0. The van der Waals surface area contributed by atoms with Gasteiger partial charge in [-0.15, -0.1) is 10.2 Å². The molecule has 2 heterocycles. The number of para-hydroxylation sites is 1. The van der Waals surface area contributed by atoms with Crippen LogP contribution >= 0.6 is 0 Å². The van der Waals surface area contributed by atoms with Gasteiger partial charge in [-0.2, -0.15) is 0 Å². The van der Waals surface area contributed by atoms with E-state index in [1.54, 1.807) is 13.4 Å². The third-order valence-electron chi connectivity index (χ3n) is 5.12. The van der Waals surface area contributed by atoms with Gasteiger partial charge in [-0.3, -0.25) is 4.99 Å². The van der Waals surface area contributed by atoms with Crippen molar-refractivity contribution in [1.29, 1.82) is 0 Å². The van der Waals surface area contributed by atoms with Crippen molar-refractivity contribution in [3.63, 3.8) is 0 Å². The lowest BCUT2D eigenvalue weighted by Gasteiger charge is -2.37. The van der Waals surface area contributed by atoms with Crippen LogP contribution in [0.4, 0.5) is 5.69 Å². The average molecular weight is 400 g/mol. The minimum Gasteiger partial charge on any atom is -0.385 e. The lowest BCUT2D eigenvalue weighted by atomic mass is 10.2. The van der Waals surface area contributed by atoms with E-state index in [1.807, 2.05) is 0 Å². The molecule has 1 N–H and O–H groups in total. The molecule has 0 unspecified atom stereocenters. The molecule has 1 saturated heterocycles. The zero-order chi connectivity index (χ0) is 20.3. The number of rotatable bonds is 9. The minimum absolute atomic E-state index is 0.735. The van der Waals surface area contributed by atoms with E-state index in [2.05, 4.69) is 67.1 Å². The van der Waals surface area contributed by atoms with Gasteiger partial charge in [0, 0.05) is 71.6 Å². The second kappa shape index (κ2) is 11.4. The molecule has 0 saturated carbocycles. The second-order valence-corrected chi connectivity index (χ2v) is 7.08. The van der Waals surface area contributed by atoms with Gasteiger partial charge in [-0.25, -0.2) is 0 Å². The first-order valence-electron chi connectivity index (χ1n) is 10.5. The van der Waals surface area contributed by atoms with Crippen LogP contribution in [0, 0.1) is 0 Å². The van der Waals surface area contributed by atoms with Crippen molar-refractivity contribution in [2.75, 3.05) is 57.9 Å². The normalized spacial score (nSPS) is 15.0. The Morgan fingerprint density at radius 2 is 1.97 bits per heavy atom. The summed E-state index contributed by atoms with van der Waals surface area (Å²) in [6, 6.07) is 10.6. The van der Waals surface area contributed by atoms with Crippen molar-refractivity contribution < 1.29 is 4.74 Å². The molecule has 8 heteroatoms. The maximum Gasteiger partial charge on any atom is 0.194 e. The summed E-state index contributed by atoms with van der Waals surface area (Å²) in [6.45, 7) is 9.13. The van der Waals surface area contributed by atoms with E-state index in [9.17, 15) is 0 Å². The quantitative estimate of drug-likeness (QED) is 0.393. The van der Waals surface area contributed by atoms with Gasteiger partial charge in [0.2, 0.25) is 0 Å². The fourth-order valence-electron chi connectivity index (χ4n) is 3.50. The van der Waals surface area contributed by atoms with E-state index in [-0.39, 0.29) is 0 Å². The monoisotopic (exact) mass is 399 g/mol. The number of methoxy groups -OCH3 is 1. The summed E-state index contributed by atoms with van der Waals surface area (Å²) in [5.41, 5.74) is 1.29. The molecular weight excluding hydrogens is 366 g/mol. The number of aromatic nitrogens is 3. The molecule has 1 fully saturated rings. The number of hydrogen-bond acceptors (Lipinski definition) is 5. The highest BCUT2D eigenvalue weighted by atomic mass is 16.5. The highest BCUT2D eigenvalue weighted by Crippen LogP contribution is 2.15. The van der Waals surface area contributed by atoms with Crippen LogP contribution < -0.4 is 10.2 Å². The standard InChI is InChI=1S/C21H33N7O/c1-3-20-25-24-18-28(20)12-11-23-21(22-10-7-17-29-2)27-15-13-26(14-16-27)19-8-5-4-6-9-19/h4-6,8-9,18H,3,7,10-17H2,1-2H3,(H,22,23). The second-order valence-electron chi connectivity index (χ2n) is 7.08. The van der Waals surface area contributed by atoms with Crippen molar-refractivity contribution in [1.82, 2.24) is 25.0 Å². The number of nitrogens with zero attached hydrogens (tertiary/aromatic N) is 6. The lowest BCUT2D eigenvalue weighted by Crippen LogP contribution is -2.53. The van der Waals surface area contributed by atoms with E-state index in [4.69, 9.17) is 9.73 Å². The Morgan fingerprint density at radius 1 is 1.17 bits per heavy atom. The molecule has 1 aromatic heterocycles. The van der Waals surface area contributed by atoms with Gasteiger partial charge in [0.25, 0.3) is 0 Å². The fourth-order valence-corrected chi connectivity index (χ4v) is 3.50. The predicted molar refractivity (Wildman–Crippen MR) is 116 cm³/mol. The lowest BCUT2D eigenvalue weighted by molar-refractivity contribution is 0.197. The molecule has 29 heavy (non-hydrogen) atoms. The van der Waals surface area contributed by atoms with Crippen molar-refractivity contribution in [3.8, 4) is 0 Å². The molecule has 0 bridgehead atoms. The molecule has 0 aliphatic carbocycles. The number of nitrogens with one attached hydrogen (secondary N) is 1. The summed E-state index contributed by atoms with van der Waals surface area (Å²) in [7, 11) is 1.73. The van der Waals surface area contributed by atoms with Gasteiger partial charge in [0.1, 0.15) is 12.2 Å². The number of ether oxygens (including phenoxy) is 1. The van der Waals surface area contributed by atoms with Gasteiger partial charge in [0.05, 0.1) is 0 Å². The topological polar surface area (TPSA) is 70.8 Å².